The summed E-state index contributed by atoms with van der Waals surface area (Å²) in [5, 5.41) is 0. The predicted octanol–water partition coefficient (Wildman–Crippen LogP) is 6.56. The lowest BCUT2D eigenvalue weighted by atomic mass is 9.72. The number of ether oxygens (including phenoxy) is 2. The zero-order valence-corrected chi connectivity index (χ0v) is 20.3. The van der Waals surface area contributed by atoms with Crippen LogP contribution in [0.4, 0.5) is 0 Å². The summed E-state index contributed by atoms with van der Waals surface area (Å²) < 4.78 is 11.6. The van der Waals surface area contributed by atoms with Gasteiger partial charge in [0.1, 0.15) is 0 Å². The molecule has 0 aromatic carbocycles. The van der Waals surface area contributed by atoms with E-state index in [1.807, 2.05) is 0 Å². The molecule has 0 aromatic heterocycles. The van der Waals surface area contributed by atoms with Crippen LogP contribution in [-0.4, -0.2) is 25.2 Å². The molecule has 178 valence electrons. The summed E-state index contributed by atoms with van der Waals surface area (Å²) in [7, 11) is 0. The Labute approximate surface area is 190 Å². The smallest absolute Gasteiger partial charge is 0.310 e. The summed E-state index contributed by atoms with van der Waals surface area (Å²) in [4.78, 5) is 26.0. The summed E-state index contributed by atoms with van der Waals surface area (Å²) in [5.41, 5.74) is 0. The average molecular weight is 435 g/mol. The fourth-order valence-corrected chi connectivity index (χ4v) is 6.29. The van der Waals surface area contributed by atoms with E-state index in [0.717, 1.165) is 43.9 Å². The van der Waals surface area contributed by atoms with Crippen molar-refractivity contribution in [2.45, 2.75) is 104 Å². The van der Waals surface area contributed by atoms with Gasteiger partial charge in [0.15, 0.2) is 0 Å². The molecule has 0 bridgehead atoms. The van der Waals surface area contributed by atoms with Crippen LogP contribution < -0.4 is 0 Å². The largest absolute Gasteiger partial charge is 0.465 e. The van der Waals surface area contributed by atoms with Crippen molar-refractivity contribution in [1.82, 2.24) is 0 Å². The molecule has 0 heterocycles. The molecule has 0 N–H and O–H groups in total. The van der Waals surface area contributed by atoms with Gasteiger partial charge in [-0.1, -0.05) is 65.7 Å². The van der Waals surface area contributed by atoms with Gasteiger partial charge in [-0.25, -0.2) is 0 Å². The zero-order valence-electron chi connectivity index (χ0n) is 20.3. The standard InChI is InChI=1S/C27H46O4/c1-4-20-9-13-22(14-10-20)17-30-26(28)24-8-6-7-19(3)25(24)27(29)31-18-23-15-11-21(5-2)12-16-23/h19-25H,4-18H2,1-3H3. The van der Waals surface area contributed by atoms with Crippen molar-refractivity contribution in [3.63, 3.8) is 0 Å². The van der Waals surface area contributed by atoms with E-state index < -0.39 is 0 Å². The monoisotopic (exact) mass is 434 g/mol. The minimum absolute atomic E-state index is 0.157. The predicted molar refractivity (Wildman–Crippen MR) is 123 cm³/mol. The Balaban J connectivity index is 1.47. The molecule has 3 aliphatic carbocycles. The van der Waals surface area contributed by atoms with Crippen LogP contribution in [0.1, 0.15) is 104 Å². The van der Waals surface area contributed by atoms with E-state index in [9.17, 15) is 9.59 Å². The Kier molecular flexibility index (Phi) is 9.72. The lowest BCUT2D eigenvalue weighted by Gasteiger charge is -2.35. The third-order valence-electron chi connectivity index (χ3n) is 8.81. The maximum absolute atomic E-state index is 13.0. The molecular formula is C27H46O4. The van der Waals surface area contributed by atoms with Gasteiger partial charge in [-0.05, 0) is 68.1 Å². The molecule has 3 aliphatic rings. The maximum Gasteiger partial charge on any atom is 0.310 e. The third kappa shape index (κ3) is 6.96. The Morgan fingerprint density at radius 1 is 0.645 bits per heavy atom. The van der Waals surface area contributed by atoms with E-state index in [0.29, 0.717) is 25.0 Å². The number of rotatable bonds is 8. The van der Waals surface area contributed by atoms with Crippen molar-refractivity contribution in [2.24, 2.45) is 41.4 Å². The van der Waals surface area contributed by atoms with Crippen molar-refractivity contribution in [3.8, 4) is 0 Å². The van der Waals surface area contributed by atoms with Gasteiger partial charge in [0.05, 0.1) is 25.0 Å². The van der Waals surface area contributed by atoms with Crippen LogP contribution in [-0.2, 0) is 19.1 Å². The normalized spacial score (nSPS) is 36.5. The molecule has 3 rings (SSSR count). The number of carbonyl (C=O) groups is 2. The van der Waals surface area contributed by atoms with Gasteiger partial charge in [-0.3, -0.25) is 9.59 Å². The van der Waals surface area contributed by atoms with Crippen LogP contribution in [0.3, 0.4) is 0 Å². The average Bonchev–Trinajstić information content (AvgIpc) is 2.81. The van der Waals surface area contributed by atoms with Gasteiger partial charge >= 0.3 is 11.9 Å². The summed E-state index contributed by atoms with van der Waals surface area (Å²) in [5.74, 6) is 1.91. The van der Waals surface area contributed by atoms with Crippen LogP contribution in [0, 0.1) is 41.4 Å². The van der Waals surface area contributed by atoms with Gasteiger partial charge in [-0.2, -0.15) is 0 Å². The highest BCUT2D eigenvalue weighted by molar-refractivity contribution is 5.82. The summed E-state index contributed by atoms with van der Waals surface area (Å²) >= 11 is 0. The molecule has 4 heteroatoms. The Morgan fingerprint density at radius 2 is 1.10 bits per heavy atom. The molecule has 3 saturated carbocycles. The SMILES string of the molecule is CCC1CCC(COC(=O)C2CCCC(C)C2C(=O)OCC2CCC(CC)CC2)CC1. The maximum atomic E-state index is 13.0. The number of carbonyl (C=O) groups excluding carboxylic acids is 2. The number of hydrogen-bond acceptors (Lipinski definition) is 4. The second-order valence-electron chi connectivity index (χ2n) is 10.9. The van der Waals surface area contributed by atoms with Gasteiger partial charge in [-0.15, -0.1) is 0 Å². The fraction of sp³-hybridized carbons (Fsp3) is 0.926. The molecule has 3 unspecified atom stereocenters. The molecule has 0 radical (unpaired) electrons. The van der Waals surface area contributed by atoms with E-state index >= 15 is 0 Å². The van der Waals surface area contributed by atoms with E-state index in [4.69, 9.17) is 9.47 Å². The van der Waals surface area contributed by atoms with Crippen LogP contribution in [0.5, 0.6) is 0 Å². The summed E-state index contributed by atoms with van der Waals surface area (Å²) in [6.07, 6.45) is 15.0. The van der Waals surface area contributed by atoms with Gasteiger partial charge in [0.2, 0.25) is 0 Å². The van der Waals surface area contributed by atoms with Gasteiger partial charge < -0.3 is 9.47 Å². The zero-order chi connectivity index (χ0) is 22.2. The Bertz CT molecular complexity index is 558. The minimum atomic E-state index is -0.330. The van der Waals surface area contributed by atoms with Gasteiger partial charge in [0, 0.05) is 0 Å². The second-order valence-corrected chi connectivity index (χ2v) is 10.9. The van der Waals surface area contributed by atoms with Gasteiger partial charge in [0.25, 0.3) is 0 Å². The first-order valence-electron chi connectivity index (χ1n) is 13.3. The van der Waals surface area contributed by atoms with Crippen molar-refractivity contribution in [1.29, 1.82) is 0 Å². The highest BCUT2D eigenvalue weighted by Crippen LogP contribution is 2.38. The first kappa shape index (κ1) is 24.6. The molecule has 3 atom stereocenters. The van der Waals surface area contributed by atoms with Crippen LogP contribution >= 0.6 is 0 Å². The molecule has 31 heavy (non-hydrogen) atoms. The van der Waals surface area contributed by atoms with Crippen molar-refractivity contribution >= 4 is 11.9 Å². The molecule has 0 aromatic rings. The fourth-order valence-electron chi connectivity index (χ4n) is 6.29. The summed E-state index contributed by atoms with van der Waals surface area (Å²) in [6.45, 7) is 7.70. The van der Waals surface area contributed by atoms with Crippen molar-refractivity contribution < 1.29 is 19.1 Å². The van der Waals surface area contributed by atoms with E-state index in [-0.39, 0.29) is 29.7 Å². The van der Waals surface area contributed by atoms with E-state index in [1.165, 1.54) is 51.4 Å². The first-order chi connectivity index (χ1) is 15.0. The first-order valence-corrected chi connectivity index (χ1v) is 13.3. The summed E-state index contributed by atoms with van der Waals surface area (Å²) in [6, 6.07) is 0. The third-order valence-corrected chi connectivity index (χ3v) is 8.81. The van der Waals surface area contributed by atoms with E-state index in [2.05, 4.69) is 20.8 Å². The Morgan fingerprint density at radius 3 is 1.58 bits per heavy atom. The molecule has 0 aliphatic heterocycles. The number of esters is 2. The minimum Gasteiger partial charge on any atom is -0.465 e. The molecule has 0 saturated heterocycles. The quantitative estimate of drug-likeness (QED) is 0.406. The molecule has 0 amide bonds. The number of hydrogen-bond donors (Lipinski definition) is 0. The molecule has 0 spiro atoms. The molecule has 3 fully saturated rings. The van der Waals surface area contributed by atoms with Crippen LogP contribution in [0.2, 0.25) is 0 Å². The highest BCUT2D eigenvalue weighted by Gasteiger charge is 2.42. The Hall–Kier alpha value is -1.06. The highest BCUT2D eigenvalue weighted by atomic mass is 16.5. The van der Waals surface area contributed by atoms with Crippen molar-refractivity contribution in [2.75, 3.05) is 13.2 Å². The lowest BCUT2D eigenvalue weighted by Crippen LogP contribution is -2.40. The molecular weight excluding hydrogens is 388 g/mol. The lowest BCUT2D eigenvalue weighted by molar-refractivity contribution is -0.167. The van der Waals surface area contributed by atoms with E-state index in [1.54, 1.807) is 0 Å². The van der Waals surface area contributed by atoms with Crippen LogP contribution in [0.25, 0.3) is 0 Å². The second kappa shape index (κ2) is 12.3. The van der Waals surface area contributed by atoms with Crippen LogP contribution in [0.15, 0.2) is 0 Å². The van der Waals surface area contributed by atoms with Crippen molar-refractivity contribution in [3.05, 3.63) is 0 Å². The topological polar surface area (TPSA) is 52.6 Å². The molecule has 4 nitrogen and oxygen atoms in total.